The first-order valence-electron chi connectivity index (χ1n) is 4.21. The van der Waals surface area contributed by atoms with Gasteiger partial charge in [0.25, 0.3) is 0 Å². The van der Waals surface area contributed by atoms with Crippen LogP contribution in [0.15, 0.2) is 24.4 Å². The SMILES string of the molecule is CC(=O)NCC=Cc1cccnc1Cl. The Balaban J connectivity index is 2.52. The summed E-state index contributed by atoms with van der Waals surface area (Å²) in [6, 6.07) is 3.67. The highest BCUT2D eigenvalue weighted by molar-refractivity contribution is 6.30. The van der Waals surface area contributed by atoms with Crippen molar-refractivity contribution in [1.29, 1.82) is 0 Å². The molecular weight excluding hydrogens is 200 g/mol. The fraction of sp³-hybridized carbons (Fsp3) is 0.200. The zero-order chi connectivity index (χ0) is 10.4. The topological polar surface area (TPSA) is 42.0 Å². The number of carbonyl (C=O) groups excluding carboxylic acids is 1. The second-order valence-electron chi connectivity index (χ2n) is 2.72. The first-order valence-corrected chi connectivity index (χ1v) is 4.59. The molecule has 0 aliphatic carbocycles. The van der Waals surface area contributed by atoms with Crippen LogP contribution in [-0.4, -0.2) is 17.4 Å². The van der Waals surface area contributed by atoms with Gasteiger partial charge in [0.1, 0.15) is 5.15 Å². The second-order valence-corrected chi connectivity index (χ2v) is 3.08. The average molecular weight is 211 g/mol. The lowest BCUT2D eigenvalue weighted by Crippen LogP contribution is -2.19. The van der Waals surface area contributed by atoms with E-state index in [9.17, 15) is 4.79 Å². The number of aromatic nitrogens is 1. The molecule has 1 aromatic rings. The number of nitrogens with zero attached hydrogens (tertiary/aromatic N) is 1. The van der Waals surface area contributed by atoms with Gasteiger partial charge in [0, 0.05) is 25.2 Å². The number of carbonyl (C=O) groups is 1. The number of hydrogen-bond donors (Lipinski definition) is 1. The number of hydrogen-bond acceptors (Lipinski definition) is 2. The number of amides is 1. The van der Waals surface area contributed by atoms with Gasteiger partial charge in [-0.3, -0.25) is 4.79 Å². The summed E-state index contributed by atoms with van der Waals surface area (Å²) in [5.74, 6) is -0.0491. The molecular formula is C10H11ClN2O. The minimum atomic E-state index is -0.0491. The van der Waals surface area contributed by atoms with E-state index in [2.05, 4.69) is 10.3 Å². The monoisotopic (exact) mass is 210 g/mol. The summed E-state index contributed by atoms with van der Waals surface area (Å²) >= 11 is 5.82. The maximum atomic E-state index is 10.5. The molecule has 3 nitrogen and oxygen atoms in total. The van der Waals surface area contributed by atoms with Crippen molar-refractivity contribution in [1.82, 2.24) is 10.3 Å². The molecule has 0 fully saturated rings. The third-order valence-electron chi connectivity index (χ3n) is 1.55. The van der Waals surface area contributed by atoms with Gasteiger partial charge in [-0.05, 0) is 6.07 Å². The maximum Gasteiger partial charge on any atom is 0.217 e. The van der Waals surface area contributed by atoms with E-state index < -0.39 is 0 Å². The normalized spacial score (nSPS) is 10.4. The van der Waals surface area contributed by atoms with Gasteiger partial charge >= 0.3 is 0 Å². The van der Waals surface area contributed by atoms with Crippen LogP contribution >= 0.6 is 11.6 Å². The number of pyridine rings is 1. The van der Waals surface area contributed by atoms with Crippen molar-refractivity contribution in [3.8, 4) is 0 Å². The standard InChI is InChI=1S/C10H11ClN2O/c1-8(14)12-6-2-4-9-5-3-7-13-10(9)11/h2-5,7H,6H2,1H3,(H,12,14). The maximum absolute atomic E-state index is 10.5. The van der Waals surface area contributed by atoms with Crippen molar-refractivity contribution >= 4 is 23.6 Å². The van der Waals surface area contributed by atoms with E-state index in [0.717, 1.165) is 5.56 Å². The van der Waals surface area contributed by atoms with Crippen LogP contribution in [0, 0.1) is 0 Å². The Kier molecular flexibility index (Phi) is 4.13. The van der Waals surface area contributed by atoms with E-state index in [0.29, 0.717) is 11.7 Å². The zero-order valence-electron chi connectivity index (χ0n) is 7.83. The molecule has 14 heavy (non-hydrogen) atoms. The lowest BCUT2D eigenvalue weighted by atomic mass is 10.2. The fourth-order valence-corrected chi connectivity index (χ4v) is 1.09. The molecule has 0 atom stereocenters. The van der Waals surface area contributed by atoms with Gasteiger partial charge in [-0.15, -0.1) is 0 Å². The third kappa shape index (κ3) is 3.58. The predicted octanol–water partition coefficient (Wildman–Crippen LogP) is 1.88. The Morgan fingerprint density at radius 1 is 1.71 bits per heavy atom. The minimum Gasteiger partial charge on any atom is -0.353 e. The molecule has 0 saturated carbocycles. The van der Waals surface area contributed by atoms with Crippen LogP contribution in [0.3, 0.4) is 0 Å². The predicted molar refractivity (Wildman–Crippen MR) is 57.0 cm³/mol. The number of nitrogens with one attached hydrogen (secondary N) is 1. The van der Waals surface area contributed by atoms with E-state index in [-0.39, 0.29) is 5.91 Å². The van der Waals surface area contributed by atoms with Gasteiger partial charge in [-0.25, -0.2) is 4.98 Å². The second kappa shape index (κ2) is 5.40. The van der Waals surface area contributed by atoms with Crippen LogP contribution in [-0.2, 0) is 4.79 Å². The van der Waals surface area contributed by atoms with Gasteiger partial charge in [0.2, 0.25) is 5.91 Å². The molecule has 0 saturated heterocycles. The molecule has 0 aliphatic rings. The van der Waals surface area contributed by atoms with E-state index in [4.69, 9.17) is 11.6 Å². The van der Waals surface area contributed by atoms with Gasteiger partial charge in [-0.2, -0.15) is 0 Å². The molecule has 74 valence electrons. The number of halogens is 1. The molecule has 1 aromatic heterocycles. The van der Waals surface area contributed by atoms with Gasteiger partial charge in [-0.1, -0.05) is 29.8 Å². The van der Waals surface area contributed by atoms with Gasteiger partial charge in [0.05, 0.1) is 0 Å². The zero-order valence-corrected chi connectivity index (χ0v) is 8.58. The third-order valence-corrected chi connectivity index (χ3v) is 1.87. The molecule has 0 spiro atoms. The summed E-state index contributed by atoms with van der Waals surface area (Å²) < 4.78 is 0. The van der Waals surface area contributed by atoms with Crippen LogP contribution in [0.5, 0.6) is 0 Å². The largest absolute Gasteiger partial charge is 0.353 e. The Morgan fingerprint density at radius 3 is 3.14 bits per heavy atom. The number of rotatable bonds is 3. The molecule has 0 aliphatic heterocycles. The van der Waals surface area contributed by atoms with Crippen molar-refractivity contribution in [2.45, 2.75) is 6.92 Å². The van der Waals surface area contributed by atoms with Crippen LogP contribution < -0.4 is 5.32 Å². The van der Waals surface area contributed by atoms with E-state index >= 15 is 0 Å². The lowest BCUT2D eigenvalue weighted by Gasteiger charge is -1.96. The average Bonchev–Trinajstić information content (AvgIpc) is 2.15. The fourth-order valence-electron chi connectivity index (χ4n) is 0.911. The first-order chi connectivity index (χ1) is 6.70. The van der Waals surface area contributed by atoms with Crippen molar-refractivity contribution in [2.75, 3.05) is 6.54 Å². The highest BCUT2D eigenvalue weighted by atomic mass is 35.5. The van der Waals surface area contributed by atoms with Crippen molar-refractivity contribution in [3.05, 3.63) is 35.1 Å². The van der Waals surface area contributed by atoms with Crippen LogP contribution in [0.2, 0.25) is 5.15 Å². The highest BCUT2D eigenvalue weighted by Crippen LogP contribution is 2.12. The van der Waals surface area contributed by atoms with Crippen LogP contribution in [0.4, 0.5) is 0 Å². The molecule has 0 radical (unpaired) electrons. The summed E-state index contributed by atoms with van der Waals surface area (Å²) in [6.45, 7) is 1.98. The van der Waals surface area contributed by atoms with Crippen molar-refractivity contribution in [3.63, 3.8) is 0 Å². The molecule has 1 rings (SSSR count). The summed E-state index contributed by atoms with van der Waals surface area (Å²) in [7, 11) is 0. The summed E-state index contributed by atoms with van der Waals surface area (Å²) in [4.78, 5) is 14.5. The molecule has 0 unspecified atom stereocenters. The van der Waals surface area contributed by atoms with E-state index in [1.807, 2.05) is 24.3 Å². The van der Waals surface area contributed by atoms with Crippen LogP contribution in [0.1, 0.15) is 12.5 Å². The lowest BCUT2D eigenvalue weighted by molar-refractivity contribution is -0.118. The smallest absolute Gasteiger partial charge is 0.217 e. The summed E-state index contributed by atoms with van der Waals surface area (Å²) in [5.41, 5.74) is 0.847. The molecule has 1 amide bonds. The Hall–Kier alpha value is -1.35. The summed E-state index contributed by atoms with van der Waals surface area (Å²) in [6.07, 6.45) is 5.28. The Bertz CT molecular complexity index is 350. The molecule has 1 N–H and O–H groups in total. The first kappa shape index (κ1) is 10.7. The van der Waals surface area contributed by atoms with Gasteiger partial charge in [0.15, 0.2) is 0 Å². The van der Waals surface area contributed by atoms with Crippen molar-refractivity contribution < 1.29 is 4.79 Å². The Morgan fingerprint density at radius 2 is 2.50 bits per heavy atom. The van der Waals surface area contributed by atoms with Crippen LogP contribution in [0.25, 0.3) is 6.08 Å². The molecule has 1 heterocycles. The Labute approximate surface area is 87.8 Å². The van der Waals surface area contributed by atoms with Crippen molar-refractivity contribution in [2.24, 2.45) is 0 Å². The minimum absolute atomic E-state index is 0.0491. The summed E-state index contributed by atoms with van der Waals surface area (Å²) in [5, 5.41) is 3.11. The molecule has 4 heteroatoms. The quantitative estimate of drug-likeness (QED) is 0.775. The molecule has 0 bridgehead atoms. The highest BCUT2D eigenvalue weighted by Gasteiger charge is 1.93. The van der Waals surface area contributed by atoms with E-state index in [1.54, 1.807) is 6.20 Å². The molecule has 0 aromatic carbocycles. The van der Waals surface area contributed by atoms with E-state index in [1.165, 1.54) is 6.92 Å². The van der Waals surface area contributed by atoms with Gasteiger partial charge < -0.3 is 5.32 Å².